The van der Waals surface area contributed by atoms with Gasteiger partial charge in [-0.3, -0.25) is 9.69 Å². The topological polar surface area (TPSA) is 105 Å². The molecule has 2 aliphatic heterocycles. The molecule has 4 atom stereocenters. The van der Waals surface area contributed by atoms with E-state index < -0.39 is 24.7 Å². The fraction of sp³-hybridized carbons (Fsp3) is 0.933. The summed E-state index contributed by atoms with van der Waals surface area (Å²) >= 11 is 3.15. The third-order valence-electron chi connectivity index (χ3n) is 3.29. The van der Waals surface area contributed by atoms with Gasteiger partial charge in [-0.1, -0.05) is 15.9 Å². The van der Waals surface area contributed by atoms with Gasteiger partial charge in [0.15, 0.2) is 0 Å². The van der Waals surface area contributed by atoms with E-state index in [0.717, 1.165) is 11.8 Å². The van der Waals surface area contributed by atoms with Crippen LogP contribution in [-0.4, -0.2) is 97.5 Å². The van der Waals surface area contributed by atoms with Crippen LogP contribution in [0.1, 0.15) is 14.3 Å². The summed E-state index contributed by atoms with van der Waals surface area (Å²) in [4.78, 5) is 12.9. The molecule has 2 saturated heterocycles. The minimum absolute atomic E-state index is 0. The Kier molecular flexibility index (Phi) is 46.1. The van der Waals surface area contributed by atoms with Gasteiger partial charge in [0.05, 0.1) is 0 Å². The zero-order chi connectivity index (χ0) is 21.1. The van der Waals surface area contributed by atoms with Crippen molar-refractivity contribution < 1.29 is 147 Å². The van der Waals surface area contributed by atoms with E-state index in [1.165, 1.54) is 0 Å². The molecular formula is C15H30BrClF4K2N2O5. The summed E-state index contributed by atoms with van der Waals surface area (Å²) in [6.45, 7) is 1.53. The van der Waals surface area contributed by atoms with E-state index in [2.05, 4.69) is 26.1 Å². The Morgan fingerprint density at radius 3 is 1.63 bits per heavy atom. The molecule has 2 fully saturated rings. The Morgan fingerprint density at radius 1 is 1.03 bits per heavy atom. The molecule has 0 radical (unpaired) electrons. The summed E-state index contributed by atoms with van der Waals surface area (Å²) in [5.41, 5.74) is 0. The molecule has 2 rings (SSSR count). The average Bonchev–Trinajstić information content (AvgIpc) is 3.19. The quantitative estimate of drug-likeness (QED) is 0.0711. The Hall–Kier alpha value is 3.03. The predicted molar refractivity (Wildman–Crippen MR) is 102 cm³/mol. The molecule has 3 N–H and O–H groups in total. The molecule has 0 unspecified atom stereocenters. The summed E-state index contributed by atoms with van der Waals surface area (Å²) in [6.07, 6.45) is -3.72. The molecule has 0 bridgehead atoms. The van der Waals surface area contributed by atoms with Gasteiger partial charge >= 0.3 is 103 Å². The van der Waals surface area contributed by atoms with Crippen LogP contribution in [0.15, 0.2) is 0 Å². The Balaban J connectivity index is -0.0000000692. The third kappa shape index (κ3) is 27.3. The van der Waals surface area contributed by atoms with Gasteiger partial charge in [0.1, 0.15) is 24.7 Å². The number of aliphatic hydroxyl groups excluding tert-OH is 2. The van der Waals surface area contributed by atoms with Crippen LogP contribution in [0.5, 0.6) is 0 Å². The monoisotopic (exact) mass is 586 g/mol. The molecule has 0 aromatic rings. The second kappa shape index (κ2) is 32.0. The van der Waals surface area contributed by atoms with Gasteiger partial charge in [-0.25, -0.2) is 17.6 Å². The number of aliphatic hydroxyl groups is 2. The fourth-order valence-electron chi connectivity index (χ4n) is 1.95. The summed E-state index contributed by atoms with van der Waals surface area (Å²) < 4.78 is 48.8. The van der Waals surface area contributed by atoms with Crippen molar-refractivity contribution in [2.24, 2.45) is 0 Å². The number of carbonyl (C=O) groups excluding carboxylic acids is 1. The molecule has 2 heterocycles. The molecule has 0 amide bonds. The molecule has 2 aliphatic rings. The van der Waals surface area contributed by atoms with Crippen molar-refractivity contribution in [1.29, 1.82) is 0 Å². The maximum absolute atomic E-state index is 12.5. The third-order valence-corrected chi connectivity index (χ3v) is 3.85. The minimum atomic E-state index is -1.33. The number of nitrogens with one attached hydrogen (secondary N) is 1. The van der Waals surface area contributed by atoms with Crippen LogP contribution in [0, 0.1) is 0 Å². The SMILES string of the molecule is Cl.F[C@@H]1CNC[C@@H]1F.O=CO[O-].OCCCBr.OCCCN1C[C@@H](F)[C@@H](F)C1.[H-].[K+].[K+]. The van der Waals surface area contributed by atoms with Crippen molar-refractivity contribution in [2.75, 3.05) is 51.3 Å². The van der Waals surface area contributed by atoms with Crippen LogP contribution in [0.25, 0.3) is 0 Å². The summed E-state index contributed by atoms with van der Waals surface area (Å²) in [5.74, 6) is 0. The van der Waals surface area contributed by atoms with Gasteiger partial charge in [-0.05, 0) is 12.8 Å². The molecule has 30 heavy (non-hydrogen) atoms. The van der Waals surface area contributed by atoms with Gasteiger partial charge in [0.25, 0.3) is 6.47 Å². The van der Waals surface area contributed by atoms with E-state index in [4.69, 9.17) is 20.3 Å². The fourth-order valence-corrected chi connectivity index (χ4v) is 2.20. The number of hydrogen-bond donors (Lipinski definition) is 3. The molecule has 0 aliphatic carbocycles. The van der Waals surface area contributed by atoms with Gasteiger partial charge in [-0.15, -0.1) is 12.4 Å². The molecule has 7 nitrogen and oxygen atoms in total. The number of nitrogens with zero attached hydrogens (tertiary/aromatic N) is 1. The zero-order valence-corrected chi connectivity index (χ0v) is 26.0. The van der Waals surface area contributed by atoms with Gasteiger partial charge in [-0.2, -0.15) is 0 Å². The molecule has 174 valence electrons. The number of likely N-dealkylation sites (tertiary alicyclic amines) is 1. The van der Waals surface area contributed by atoms with Crippen molar-refractivity contribution in [3.63, 3.8) is 0 Å². The number of rotatable bonds is 6. The van der Waals surface area contributed by atoms with E-state index in [9.17, 15) is 17.6 Å². The van der Waals surface area contributed by atoms with Crippen molar-refractivity contribution in [2.45, 2.75) is 37.5 Å². The van der Waals surface area contributed by atoms with Crippen molar-refractivity contribution in [3.05, 3.63) is 0 Å². The van der Waals surface area contributed by atoms with Crippen LogP contribution < -0.4 is 113 Å². The van der Waals surface area contributed by atoms with Crippen molar-refractivity contribution >= 4 is 34.8 Å². The van der Waals surface area contributed by atoms with Gasteiger partial charge in [0, 0.05) is 51.3 Å². The Labute approximate surface area is 276 Å². The minimum Gasteiger partial charge on any atom is -1.00 e. The molecule has 0 saturated carbocycles. The molecule has 0 spiro atoms. The number of halogens is 6. The van der Waals surface area contributed by atoms with Crippen molar-refractivity contribution in [1.82, 2.24) is 10.2 Å². The van der Waals surface area contributed by atoms with Crippen molar-refractivity contribution in [3.8, 4) is 0 Å². The number of carbonyl (C=O) groups is 1. The summed E-state index contributed by atoms with van der Waals surface area (Å²) in [6, 6.07) is 0. The normalized spacial score (nSPS) is 24.0. The van der Waals surface area contributed by atoms with E-state index in [1.54, 1.807) is 4.90 Å². The molecule has 0 aromatic heterocycles. The van der Waals surface area contributed by atoms with E-state index >= 15 is 0 Å². The zero-order valence-electron chi connectivity index (χ0n) is 18.3. The largest absolute Gasteiger partial charge is 1.00 e. The average molecular weight is 588 g/mol. The maximum atomic E-state index is 12.5. The first-order valence-electron chi connectivity index (χ1n) is 8.37. The van der Waals surface area contributed by atoms with Crippen LogP contribution in [0.4, 0.5) is 17.6 Å². The predicted octanol–water partition coefficient (Wildman–Crippen LogP) is -5.63. The van der Waals surface area contributed by atoms with Crippen LogP contribution in [0.2, 0.25) is 0 Å². The van der Waals surface area contributed by atoms with Crippen LogP contribution in [-0.2, 0) is 9.68 Å². The van der Waals surface area contributed by atoms with Gasteiger partial charge < -0.3 is 27.1 Å². The molecular weight excluding hydrogens is 558 g/mol. The molecule has 15 heteroatoms. The van der Waals surface area contributed by atoms with E-state index in [0.29, 0.717) is 19.6 Å². The smallest absolute Gasteiger partial charge is 1.00 e. The second-order valence-corrected chi connectivity index (χ2v) is 6.31. The van der Waals surface area contributed by atoms with E-state index in [1.807, 2.05) is 0 Å². The summed E-state index contributed by atoms with van der Waals surface area (Å²) in [7, 11) is 0. The Bertz CT molecular complexity index is 344. The first-order valence-corrected chi connectivity index (χ1v) is 9.49. The second-order valence-electron chi connectivity index (χ2n) is 5.52. The van der Waals surface area contributed by atoms with E-state index in [-0.39, 0.29) is 156 Å². The number of alkyl halides is 5. The summed E-state index contributed by atoms with van der Waals surface area (Å²) in [5, 5.41) is 28.4. The maximum Gasteiger partial charge on any atom is 1.00 e. The molecule has 0 aromatic carbocycles. The van der Waals surface area contributed by atoms with Crippen LogP contribution in [0.3, 0.4) is 0 Å². The number of hydrogen-bond acceptors (Lipinski definition) is 7. The van der Waals surface area contributed by atoms with Crippen LogP contribution >= 0.6 is 28.3 Å². The first-order chi connectivity index (χ1) is 12.9. The first kappa shape index (κ1) is 43.1. The Morgan fingerprint density at radius 2 is 1.43 bits per heavy atom. The van der Waals surface area contributed by atoms with Gasteiger partial charge in [0.2, 0.25) is 0 Å². The standard InChI is InChI=1S/C7H13F2NO.C4H7F2N.C3H7BrO.CH2O3.ClH.2K.H/c8-6-4-10(2-1-3-11)5-7(6)9;5-3-1-7-2-4(3)6;4-2-1-3-5;2-1-4-3;;;;/h6-7,11H,1-5H2;3-4,7H,1-2H2;5H,1-3H2;1,3H;1H;;;/q;;;;;2*+1;-1/p-1/t6-,7+;3-,4+;;;;;;.